The summed E-state index contributed by atoms with van der Waals surface area (Å²) in [6.45, 7) is 0.499. The Hall–Kier alpha value is -4.26. The third-order valence-corrected chi connectivity index (χ3v) is 8.32. The maximum absolute atomic E-state index is 13.0. The van der Waals surface area contributed by atoms with Gasteiger partial charge in [-0.15, -0.1) is 0 Å². The van der Waals surface area contributed by atoms with E-state index < -0.39 is 30.3 Å². The molecule has 2 aliphatic rings. The van der Waals surface area contributed by atoms with Gasteiger partial charge in [0.15, 0.2) is 6.29 Å². The number of aromatic nitrogens is 2. The molecule has 3 heterocycles. The van der Waals surface area contributed by atoms with Gasteiger partial charge in [-0.25, -0.2) is 4.98 Å². The lowest BCUT2D eigenvalue weighted by molar-refractivity contribution is -0.252. The highest BCUT2D eigenvalue weighted by molar-refractivity contribution is 5.90. The number of nitrogens with one attached hydrogen (secondary N) is 1. The van der Waals surface area contributed by atoms with Gasteiger partial charge in [-0.3, -0.25) is 9.59 Å². The first-order valence-corrected chi connectivity index (χ1v) is 14.8. The molecule has 3 aromatic carbocycles. The molecule has 2 saturated heterocycles. The van der Waals surface area contributed by atoms with E-state index in [4.69, 9.17) is 9.47 Å². The highest BCUT2D eigenvalue weighted by atomic mass is 19.4. The molecule has 2 N–H and O–H groups in total. The van der Waals surface area contributed by atoms with Crippen LogP contribution < -0.4 is 5.32 Å². The summed E-state index contributed by atoms with van der Waals surface area (Å²) in [6, 6.07) is 21.6. The van der Waals surface area contributed by atoms with Crippen LogP contribution in [0.2, 0.25) is 0 Å². The quantitative estimate of drug-likeness (QED) is 0.288. The van der Waals surface area contributed by atoms with Crippen LogP contribution in [0.3, 0.4) is 0 Å². The van der Waals surface area contributed by atoms with Crippen molar-refractivity contribution in [2.75, 3.05) is 6.54 Å². The van der Waals surface area contributed by atoms with Crippen molar-refractivity contribution in [3.8, 4) is 0 Å². The number of alkyl halides is 3. The standard InChI is InChI=1S/C33H33F3N4O5/c34-33(35,36)32(43)40-15-3-6-28(40)30(42)37-17-21-7-13-24(14-8-21)31-44-25(18-39-20-38-26-4-1-2-5-27(26)39)16-29(45-31)23-11-9-22(19-41)10-12-23/h1-2,4-5,7-14,20,25,28-29,31,41H,3,6,15-19H2,(H,37,42). The number of carbonyl (C=O) groups excluding carboxylic acids is 2. The van der Waals surface area contributed by atoms with Crippen molar-refractivity contribution in [3.05, 3.63) is 101 Å². The Morgan fingerprint density at radius 2 is 1.67 bits per heavy atom. The minimum atomic E-state index is -5.02. The average molecular weight is 623 g/mol. The van der Waals surface area contributed by atoms with Gasteiger partial charge >= 0.3 is 12.1 Å². The summed E-state index contributed by atoms with van der Waals surface area (Å²) in [5.41, 5.74) is 5.16. The lowest BCUT2D eigenvalue weighted by Gasteiger charge is -2.36. The van der Waals surface area contributed by atoms with E-state index >= 15 is 0 Å². The number of likely N-dealkylation sites (tertiary alicyclic amines) is 1. The molecule has 0 saturated carbocycles. The van der Waals surface area contributed by atoms with Crippen LogP contribution in [-0.2, 0) is 38.8 Å². The third-order valence-electron chi connectivity index (χ3n) is 8.32. The predicted octanol–water partition coefficient (Wildman–Crippen LogP) is 4.94. The van der Waals surface area contributed by atoms with Gasteiger partial charge in [-0.05, 0) is 41.7 Å². The lowest BCUT2D eigenvalue weighted by Crippen LogP contribution is -2.50. The van der Waals surface area contributed by atoms with Crippen molar-refractivity contribution in [2.45, 2.75) is 69.7 Å². The van der Waals surface area contributed by atoms with Crippen molar-refractivity contribution < 1.29 is 37.3 Å². The van der Waals surface area contributed by atoms with E-state index in [1.54, 1.807) is 18.5 Å². The molecule has 2 aliphatic heterocycles. The third kappa shape index (κ3) is 6.87. The molecule has 0 bridgehead atoms. The predicted molar refractivity (Wildman–Crippen MR) is 157 cm³/mol. The van der Waals surface area contributed by atoms with E-state index in [9.17, 15) is 27.9 Å². The molecule has 0 aliphatic carbocycles. The van der Waals surface area contributed by atoms with Gasteiger partial charge in [0.2, 0.25) is 5.91 Å². The minimum Gasteiger partial charge on any atom is -0.392 e. The number of ether oxygens (including phenoxy) is 2. The Morgan fingerprint density at radius 3 is 2.40 bits per heavy atom. The molecule has 45 heavy (non-hydrogen) atoms. The maximum atomic E-state index is 13.0. The number of para-hydroxylation sites is 2. The minimum absolute atomic E-state index is 0.0503. The van der Waals surface area contributed by atoms with Gasteiger partial charge in [0.1, 0.15) is 6.04 Å². The van der Waals surface area contributed by atoms with Crippen LogP contribution in [0.25, 0.3) is 11.0 Å². The van der Waals surface area contributed by atoms with E-state index in [0.29, 0.717) is 24.3 Å². The molecule has 2 fully saturated rings. The Morgan fingerprint density at radius 1 is 0.956 bits per heavy atom. The van der Waals surface area contributed by atoms with Gasteiger partial charge in [-0.1, -0.05) is 60.7 Å². The van der Waals surface area contributed by atoms with Gasteiger partial charge in [-0.2, -0.15) is 13.2 Å². The van der Waals surface area contributed by atoms with Crippen molar-refractivity contribution >= 4 is 22.8 Å². The summed E-state index contributed by atoms with van der Waals surface area (Å²) in [7, 11) is 0. The second-order valence-electron chi connectivity index (χ2n) is 11.3. The number of fused-ring (bicyclic) bond motifs is 1. The molecule has 6 rings (SSSR count). The molecule has 2 amide bonds. The van der Waals surface area contributed by atoms with Crippen LogP contribution in [-0.4, -0.2) is 56.2 Å². The second kappa shape index (κ2) is 13.0. The topological polar surface area (TPSA) is 106 Å². The van der Waals surface area contributed by atoms with E-state index in [1.807, 2.05) is 60.7 Å². The molecule has 9 nitrogen and oxygen atoms in total. The monoisotopic (exact) mass is 622 g/mol. The van der Waals surface area contributed by atoms with Crippen molar-refractivity contribution in [2.24, 2.45) is 0 Å². The van der Waals surface area contributed by atoms with Crippen LogP contribution in [0.4, 0.5) is 13.2 Å². The Labute approximate surface area is 257 Å². The average Bonchev–Trinajstić information content (AvgIpc) is 3.71. The first kappa shape index (κ1) is 30.8. The largest absolute Gasteiger partial charge is 0.471 e. The zero-order chi connectivity index (χ0) is 31.6. The summed E-state index contributed by atoms with van der Waals surface area (Å²) < 4.78 is 53.8. The van der Waals surface area contributed by atoms with Gasteiger partial charge in [0.05, 0.1) is 42.7 Å². The number of carbonyl (C=O) groups is 2. The number of halogens is 3. The van der Waals surface area contributed by atoms with Gasteiger partial charge < -0.3 is 29.4 Å². The summed E-state index contributed by atoms with van der Waals surface area (Å²) in [4.78, 5) is 29.5. The fraction of sp³-hybridized carbons (Fsp3) is 0.364. The van der Waals surface area contributed by atoms with Crippen LogP contribution in [0, 0.1) is 0 Å². The smallest absolute Gasteiger partial charge is 0.392 e. The van der Waals surface area contributed by atoms with Crippen molar-refractivity contribution in [1.82, 2.24) is 19.8 Å². The number of aliphatic hydroxyl groups excluding tert-OH is 1. The SMILES string of the molecule is O=C(NCc1ccc(C2OC(Cn3cnc4ccccc43)CC(c3ccc(CO)cc3)O2)cc1)C1CCCN1C(=O)C(F)(F)F. The van der Waals surface area contributed by atoms with Crippen molar-refractivity contribution in [3.63, 3.8) is 0 Å². The van der Waals surface area contributed by atoms with Crippen LogP contribution in [0.5, 0.6) is 0 Å². The number of hydrogen-bond donors (Lipinski definition) is 2. The normalized spacial score (nSPS) is 22.1. The second-order valence-corrected chi connectivity index (χ2v) is 11.3. The lowest BCUT2D eigenvalue weighted by atomic mass is 9.99. The van der Waals surface area contributed by atoms with E-state index in [0.717, 1.165) is 33.3 Å². The summed E-state index contributed by atoms with van der Waals surface area (Å²) in [5, 5.41) is 12.1. The Kier molecular flexibility index (Phi) is 8.88. The first-order valence-electron chi connectivity index (χ1n) is 14.8. The zero-order valence-corrected chi connectivity index (χ0v) is 24.3. The Balaban J connectivity index is 1.15. The number of benzene rings is 3. The fourth-order valence-corrected chi connectivity index (χ4v) is 5.95. The molecule has 4 atom stereocenters. The number of aliphatic hydroxyl groups is 1. The summed E-state index contributed by atoms with van der Waals surface area (Å²) in [6.07, 6.45) is -3.28. The molecule has 1 aromatic heterocycles. The Bertz CT molecular complexity index is 1640. The number of amides is 2. The van der Waals surface area contributed by atoms with E-state index in [-0.39, 0.29) is 38.3 Å². The number of hydrogen-bond acceptors (Lipinski definition) is 6. The molecule has 236 valence electrons. The summed E-state index contributed by atoms with van der Waals surface area (Å²) in [5.74, 6) is -2.60. The highest BCUT2D eigenvalue weighted by Gasteiger charge is 2.47. The molecule has 0 radical (unpaired) electrons. The molecule has 4 aromatic rings. The van der Waals surface area contributed by atoms with E-state index in [1.165, 1.54) is 0 Å². The molecule has 12 heteroatoms. The molecular weight excluding hydrogens is 589 g/mol. The van der Waals surface area contributed by atoms with Crippen LogP contribution in [0.1, 0.15) is 53.9 Å². The fourth-order valence-electron chi connectivity index (χ4n) is 5.95. The molecular formula is C33H33F3N4O5. The van der Waals surface area contributed by atoms with Crippen molar-refractivity contribution in [1.29, 1.82) is 0 Å². The van der Waals surface area contributed by atoms with Crippen LogP contribution >= 0.6 is 0 Å². The zero-order valence-electron chi connectivity index (χ0n) is 24.3. The van der Waals surface area contributed by atoms with E-state index in [2.05, 4.69) is 14.9 Å². The number of imidazole rings is 1. The number of nitrogens with zero attached hydrogens (tertiary/aromatic N) is 3. The van der Waals surface area contributed by atoms with Gasteiger partial charge in [0, 0.05) is 25.1 Å². The van der Waals surface area contributed by atoms with Crippen LogP contribution in [0.15, 0.2) is 79.1 Å². The summed E-state index contributed by atoms with van der Waals surface area (Å²) >= 11 is 0. The highest BCUT2D eigenvalue weighted by Crippen LogP contribution is 2.38. The van der Waals surface area contributed by atoms with Gasteiger partial charge in [0.25, 0.3) is 0 Å². The molecule has 0 spiro atoms. The maximum Gasteiger partial charge on any atom is 0.471 e. The molecule has 4 unspecified atom stereocenters. The first-order chi connectivity index (χ1) is 21.7. The number of rotatable bonds is 8.